The van der Waals surface area contributed by atoms with Crippen LogP contribution < -0.4 is 5.32 Å². The molecule has 5 nitrogen and oxygen atoms in total. The lowest BCUT2D eigenvalue weighted by Crippen LogP contribution is -2.26. The number of halogens is 4. The maximum atomic E-state index is 12.9. The van der Waals surface area contributed by atoms with Gasteiger partial charge in [-0.05, 0) is 24.5 Å². The number of anilines is 1. The van der Waals surface area contributed by atoms with Crippen molar-refractivity contribution in [3.63, 3.8) is 0 Å². The number of thioether (sulfide) groups is 1. The van der Waals surface area contributed by atoms with Gasteiger partial charge in [0.15, 0.2) is 0 Å². The van der Waals surface area contributed by atoms with Crippen molar-refractivity contribution in [1.29, 1.82) is 0 Å². The van der Waals surface area contributed by atoms with Gasteiger partial charge >= 0.3 is 6.18 Å². The molecule has 0 aliphatic heterocycles. The highest BCUT2D eigenvalue weighted by molar-refractivity contribution is 8.03. The van der Waals surface area contributed by atoms with E-state index in [0.717, 1.165) is 36.3 Å². The van der Waals surface area contributed by atoms with Crippen molar-refractivity contribution in [2.45, 2.75) is 6.18 Å². The standard InChI is InChI=1S/C16H9ClF3N3O2S/c1-26-15-12(13(24)8-5-21-6-22-11(8)14(15)25)23-10-4-7(16(18,19)20)2-3-9(10)17/h2-6,23H,1H3. The van der Waals surface area contributed by atoms with Gasteiger partial charge in [-0.3, -0.25) is 9.59 Å². The van der Waals surface area contributed by atoms with Gasteiger partial charge in [-0.1, -0.05) is 11.6 Å². The second-order valence-corrected chi connectivity index (χ2v) is 6.39. The molecule has 0 unspecified atom stereocenters. The Balaban J connectivity index is 2.09. The number of allylic oxidation sites excluding steroid dienone is 2. The predicted molar refractivity (Wildman–Crippen MR) is 91.3 cm³/mol. The SMILES string of the molecule is CSC1=C(Nc2cc(C(F)(F)F)ccc2Cl)C(=O)c2cncnc2C1=O. The van der Waals surface area contributed by atoms with Crippen LogP contribution in [-0.2, 0) is 6.18 Å². The van der Waals surface area contributed by atoms with Crippen LogP contribution in [0.5, 0.6) is 0 Å². The zero-order valence-corrected chi connectivity index (χ0v) is 14.6. The van der Waals surface area contributed by atoms with Crippen LogP contribution in [0.3, 0.4) is 0 Å². The van der Waals surface area contributed by atoms with Crippen molar-refractivity contribution in [3.05, 3.63) is 63.2 Å². The van der Waals surface area contributed by atoms with E-state index in [0.29, 0.717) is 0 Å². The molecule has 0 radical (unpaired) electrons. The minimum absolute atomic E-state index is 0.0266. The molecular formula is C16H9ClF3N3O2S. The molecular weight excluding hydrogens is 391 g/mol. The van der Waals surface area contributed by atoms with Gasteiger partial charge in [0.25, 0.3) is 0 Å². The molecule has 1 aliphatic carbocycles. The Hall–Kier alpha value is -2.39. The number of hydrogen-bond donors (Lipinski definition) is 1. The Labute approximate surface area is 154 Å². The predicted octanol–water partition coefficient (Wildman–Crippen LogP) is 4.21. The molecule has 0 fully saturated rings. The number of carbonyl (C=O) groups is 2. The molecule has 1 aliphatic rings. The molecule has 0 bridgehead atoms. The van der Waals surface area contributed by atoms with Crippen molar-refractivity contribution in [1.82, 2.24) is 9.97 Å². The molecule has 1 N–H and O–H groups in total. The zero-order valence-electron chi connectivity index (χ0n) is 13.0. The van der Waals surface area contributed by atoms with Gasteiger partial charge in [0.05, 0.1) is 26.7 Å². The smallest absolute Gasteiger partial charge is 0.350 e. The number of hydrogen-bond acceptors (Lipinski definition) is 6. The van der Waals surface area contributed by atoms with Crippen molar-refractivity contribution in [3.8, 4) is 0 Å². The first-order valence-electron chi connectivity index (χ1n) is 7.05. The summed E-state index contributed by atoms with van der Waals surface area (Å²) in [6, 6.07) is 2.68. The van der Waals surface area contributed by atoms with Crippen LogP contribution in [0.1, 0.15) is 26.4 Å². The van der Waals surface area contributed by atoms with Gasteiger partial charge in [-0.25, -0.2) is 9.97 Å². The molecule has 0 saturated carbocycles. The van der Waals surface area contributed by atoms with E-state index in [4.69, 9.17) is 11.6 Å². The third-order valence-electron chi connectivity index (χ3n) is 3.59. The minimum Gasteiger partial charge on any atom is -0.350 e. The van der Waals surface area contributed by atoms with Crippen LogP contribution >= 0.6 is 23.4 Å². The highest BCUT2D eigenvalue weighted by Crippen LogP contribution is 2.36. The summed E-state index contributed by atoms with van der Waals surface area (Å²) in [6.45, 7) is 0. The average molecular weight is 400 g/mol. The molecule has 3 rings (SSSR count). The summed E-state index contributed by atoms with van der Waals surface area (Å²) in [5.41, 5.74) is -1.31. The Kier molecular flexibility index (Phi) is 4.76. The van der Waals surface area contributed by atoms with Crippen molar-refractivity contribution in [2.75, 3.05) is 11.6 Å². The number of alkyl halides is 3. The Bertz CT molecular complexity index is 960. The van der Waals surface area contributed by atoms with E-state index in [2.05, 4.69) is 15.3 Å². The Morgan fingerprint density at radius 1 is 1.19 bits per heavy atom. The number of aromatic nitrogens is 2. The normalized spacial score (nSPS) is 14.5. The fourth-order valence-electron chi connectivity index (χ4n) is 2.38. The number of Topliss-reactive ketones (excluding diaryl/α,β-unsaturated/α-hetero) is 2. The quantitative estimate of drug-likeness (QED) is 0.833. The van der Waals surface area contributed by atoms with Crippen LogP contribution in [0.4, 0.5) is 18.9 Å². The van der Waals surface area contributed by atoms with Crippen molar-refractivity contribution < 1.29 is 22.8 Å². The molecule has 134 valence electrons. The summed E-state index contributed by atoms with van der Waals surface area (Å²) >= 11 is 6.95. The van der Waals surface area contributed by atoms with Crippen molar-refractivity contribution in [2.24, 2.45) is 0 Å². The number of benzene rings is 1. The molecule has 0 saturated heterocycles. The second kappa shape index (κ2) is 6.73. The average Bonchev–Trinajstić information content (AvgIpc) is 2.60. The van der Waals surface area contributed by atoms with Crippen molar-refractivity contribution >= 4 is 40.6 Å². The van der Waals surface area contributed by atoms with Gasteiger partial charge in [0.2, 0.25) is 11.6 Å². The topological polar surface area (TPSA) is 72.0 Å². The highest BCUT2D eigenvalue weighted by atomic mass is 35.5. The number of rotatable bonds is 3. The Morgan fingerprint density at radius 2 is 1.92 bits per heavy atom. The van der Waals surface area contributed by atoms with E-state index in [9.17, 15) is 22.8 Å². The molecule has 10 heteroatoms. The number of nitrogens with zero attached hydrogens (tertiary/aromatic N) is 2. The second-order valence-electron chi connectivity index (χ2n) is 5.17. The van der Waals surface area contributed by atoms with E-state index in [1.165, 1.54) is 6.20 Å². The number of ketones is 2. The third kappa shape index (κ3) is 3.19. The minimum atomic E-state index is -4.58. The molecule has 1 aromatic heterocycles. The molecule has 1 heterocycles. The molecule has 1 aromatic carbocycles. The monoisotopic (exact) mass is 399 g/mol. The molecule has 0 atom stereocenters. The van der Waals surface area contributed by atoms with E-state index < -0.39 is 23.3 Å². The fraction of sp³-hybridized carbons (Fsp3) is 0.125. The lowest BCUT2D eigenvalue weighted by molar-refractivity contribution is -0.137. The Morgan fingerprint density at radius 3 is 2.58 bits per heavy atom. The third-order valence-corrected chi connectivity index (χ3v) is 4.72. The van der Waals surface area contributed by atoms with Gasteiger partial charge in [0.1, 0.15) is 17.7 Å². The lowest BCUT2D eigenvalue weighted by atomic mass is 9.98. The summed E-state index contributed by atoms with van der Waals surface area (Å²) in [5.74, 6) is -1.11. The lowest BCUT2D eigenvalue weighted by Gasteiger charge is -2.21. The van der Waals surface area contributed by atoms with Gasteiger partial charge in [0, 0.05) is 6.20 Å². The van der Waals surface area contributed by atoms with Crippen LogP contribution in [0.25, 0.3) is 0 Å². The van der Waals surface area contributed by atoms with Crippen LogP contribution in [0, 0.1) is 0 Å². The molecule has 2 aromatic rings. The molecule has 0 amide bonds. The first-order valence-corrected chi connectivity index (χ1v) is 8.65. The number of nitrogens with one attached hydrogen (secondary N) is 1. The maximum absolute atomic E-state index is 12.9. The van der Waals surface area contributed by atoms with Gasteiger partial charge in [-0.15, -0.1) is 11.8 Å². The summed E-state index contributed by atoms with van der Waals surface area (Å²) in [4.78, 5) is 32.8. The molecule has 0 spiro atoms. The van der Waals surface area contributed by atoms with E-state index >= 15 is 0 Å². The zero-order chi connectivity index (χ0) is 19.1. The first kappa shape index (κ1) is 18.4. The van der Waals surface area contributed by atoms with Crippen LogP contribution in [-0.4, -0.2) is 27.8 Å². The van der Waals surface area contributed by atoms with Crippen LogP contribution in [0.2, 0.25) is 5.02 Å². The summed E-state index contributed by atoms with van der Waals surface area (Å²) in [6.07, 6.45) is -0.675. The maximum Gasteiger partial charge on any atom is 0.416 e. The van der Waals surface area contributed by atoms with E-state index in [1.54, 1.807) is 6.26 Å². The summed E-state index contributed by atoms with van der Waals surface area (Å²) in [7, 11) is 0. The highest BCUT2D eigenvalue weighted by Gasteiger charge is 2.35. The first-order chi connectivity index (χ1) is 12.2. The largest absolute Gasteiger partial charge is 0.416 e. The van der Waals surface area contributed by atoms with Gasteiger partial charge in [-0.2, -0.15) is 13.2 Å². The fourth-order valence-corrected chi connectivity index (χ4v) is 3.17. The van der Waals surface area contributed by atoms with E-state index in [-0.39, 0.29) is 32.6 Å². The van der Waals surface area contributed by atoms with Crippen LogP contribution in [0.15, 0.2) is 41.3 Å². The summed E-state index contributed by atoms with van der Waals surface area (Å²) in [5, 5.41) is 2.56. The molecule has 26 heavy (non-hydrogen) atoms. The summed E-state index contributed by atoms with van der Waals surface area (Å²) < 4.78 is 38.8. The van der Waals surface area contributed by atoms with E-state index in [1.807, 2.05) is 0 Å². The van der Waals surface area contributed by atoms with Gasteiger partial charge < -0.3 is 5.32 Å². The number of carbonyl (C=O) groups excluding carboxylic acids is 2. The number of fused-ring (bicyclic) bond motifs is 1.